The van der Waals surface area contributed by atoms with Crippen LogP contribution in [0.1, 0.15) is 42.6 Å². The molecule has 13 heteroatoms. The van der Waals surface area contributed by atoms with Crippen LogP contribution in [0.5, 0.6) is 0 Å². The SMILES string of the molecule is CC(Cc1ccccc1)n1[nH]c(=O)c(=O)[nH]c1=O.CC(Cc1ccccc1)n1nc(Br)c(=O)n(COCc2ccccc2)c1=O. The second-order valence-corrected chi connectivity index (χ2v) is 11.1. The molecule has 5 aromatic rings. The van der Waals surface area contributed by atoms with E-state index in [0.29, 0.717) is 19.4 Å². The molecule has 0 radical (unpaired) electrons. The van der Waals surface area contributed by atoms with Crippen LogP contribution >= 0.6 is 15.9 Å². The highest BCUT2D eigenvalue weighted by molar-refractivity contribution is 9.10. The first-order valence-corrected chi connectivity index (χ1v) is 15.0. The third-order valence-corrected chi connectivity index (χ3v) is 7.35. The molecule has 5 rings (SSSR count). The lowest BCUT2D eigenvalue weighted by molar-refractivity contribution is 0.0563. The van der Waals surface area contributed by atoms with Gasteiger partial charge in [-0.25, -0.2) is 23.5 Å². The number of aromatic amines is 2. The summed E-state index contributed by atoms with van der Waals surface area (Å²) in [6.45, 7) is 3.87. The molecule has 0 aliphatic rings. The molecule has 2 heterocycles. The van der Waals surface area contributed by atoms with E-state index >= 15 is 0 Å². The van der Waals surface area contributed by atoms with Crippen LogP contribution in [-0.4, -0.2) is 29.1 Å². The highest BCUT2D eigenvalue weighted by Gasteiger charge is 2.16. The Kier molecular flexibility index (Phi) is 11.5. The van der Waals surface area contributed by atoms with Crippen LogP contribution in [0.4, 0.5) is 0 Å². The Bertz CT molecular complexity index is 1990. The molecule has 0 saturated carbocycles. The van der Waals surface area contributed by atoms with Crippen molar-refractivity contribution in [1.82, 2.24) is 29.1 Å². The zero-order valence-electron chi connectivity index (χ0n) is 24.8. The van der Waals surface area contributed by atoms with Crippen molar-refractivity contribution in [2.75, 3.05) is 0 Å². The molecule has 0 amide bonds. The third kappa shape index (κ3) is 9.06. The summed E-state index contributed by atoms with van der Waals surface area (Å²) in [7, 11) is 0. The van der Waals surface area contributed by atoms with Gasteiger partial charge in [0.25, 0.3) is 5.56 Å². The van der Waals surface area contributed by atoms with E-state index in [9.17, 15) is 24.0 Å². The number of aromatic nitrogens is 6. The fourth-order valence-electron chi connectivity index (χ4n) is 4.56. The summed E-state index contributed by atoms with van der Waals surface area (Å²) in [5, 5.41) is 6.40. The van der Waals surface area contributed by atoms with Crippen molar-refractivity contribution in [1.29, 1.82) is 0 Å². The van der Waals surface area contributed by atoms with E-state index < -0.39 is 28.1 Å². The van der Waals surface area contributed by atoms with Crippen molar-refractivity contribution >= 4 is 15.9 Å². The van der Waals surface area contributed by atoms with Gasteiger partial charge < -0.3 is 4.74 Å². The van der Waals surface area contributed by atoms with Crippen LogP contribution < -0.4 is 28.1 Å². The van der Waals surface area contributed by atoms with Crippen molar-refractivity contribution in [2.45, 2.75) is 52.1 Å². The minimum absolute atomic E-state index is 0.0883. The predicted octanol–water partition coefficient (Wildman–Crippen LogP) is 3.17. The maximum atomic E-state index is 12.8. The van der Waals surface area contributed by atoms with Crippen molar-refractivity contribution < 1.29 is 4.74 Å². The zero-order valence-corrected chi connectivity index (χ0v) is 26.3. The number of halogens is 1. The highest BCUT2D eigenvalue weighted by Crippen LogP contribution is 2.12. The minimum Gasteiger partial charge on any atom is -0.356 e. The molecule has 0 bridgehead atoms. The summed E-state index contributed by atoms with van der Waals surface area (Å²) in [4.78, 5) is 60.8. The summed E-state index contributed by atoms with van der Waals surface area (Å²) in [5.41, 5.74) is -0.245. The molecule has 0 aliphatic carbocycles. The topological polar surface area (TPSA) is 154 Å². The summed E-state index contributed by atoms with van der Waals surface area (Å²) in [5.74, 6) is 0. The lowest BCUT2D eigenvalue weighted by Gasteiger charge is -2.16. The Morgan fingerprint density at radius 3 is 1.80 bits per heavy atom. The Labute approximate surface area is 265 Å². The maximum absolute atomic E-state index is 12.8. The van der Waals surface area contributed by atoms with Crippen LogP contribution in [-0.2, 0) is 30.9 Å². The molecule has 0 spiro atoms. The number of ether oxygens (including phenoxy) is 1. The van der Waals surface area contributed by atoms with Gasteiger partial charge in [-0.1, -0.05) is 91.0 Å². The number of H-pyrrole nitrogens is 2. The van der Waals surface area contributed by atoms with E-state index in [2.05, 4.69) is 26.1 Å². The summed E-state index contributed by atoms with van der Waals surface area (Å²) in [6.07, 6.45) is 1.21. The van der Waals surface area contributed by atoms with Crippen LogP contribution in [0.25, 0.3) is 0 Å². The zero-order chi connectivity index (χ0) is 32.3. The molecular weight excluding hydrogens is 644 g/mol. The van der Waals surface area contributed by atoms with E-state index in [-0.39, 0.29) is 23.4 Å². The number of benzene rings is 3. The maximum Gasteiger partial charge on any atom is 0.349 e. The van der Waals surface area contributed by atoms with E-state index in [1.54, 1.807) is 6.92 Å². The fraction of sp³-hybridized carbons (Fsp3) is 0.250. The average Bonchev–Trinajstić information content (AvgIpc) is 3.04. The number of rotatable bonds is 10. The standard InChI is InChI=1S/C20H20BrN3O3.C12H13N3O3/c1-15(12-16-8-4-2-5-9-16)24-20(26)23(19(25)18(21)22-24)14-27-13-17-10-6-3-7-11-17;1-8(7-9-5-3-2-4-6-9)15-12(18)13-10(16)11(17)14-15/h2-11,15H,12-14H2,1H3;2-6,8H,7H2,1H3,(H,14,17)(H,13,16,18). The number of nitrogens with one attached hydrogen (secondary N) is 2. The molecule has 3 aromatic carbocycles. The summed E-state index contributed by atoms with van der Waals surface area (Å²) < 4.78 is 9.18. The normalized spacial score (nSPS) is 12.2. The first-order valence-electron chi connectivity index (χ1n) is 14.2. The number of hydrogen-bond acceptors (Lipinski definition) is 7. The summed E-state index contributed by atoms with van der Waals surface area (Å²) in [6, 6.07) is 28.5. The highest BCUT2D eigenvalue weighted by atomic mass is 79.9. The minimum atomic E-state index is -0.928. The molecule has 2 N–H and O–H groups in total. The van der Waals surface area contributed by atoms with Gasteiger partial charge in [-0.3, -0.25) is 24.5 Å². The first kappa shape index (κ1) is 33.0. The lowest BCUT2D eigenvalue weighted by atomic mass is 10.1. The second-order valence-electron chi connectivity index (χ2n) is 10.4. The van der Waals surface area contributed by atoms with Gasteiger partial charge in [0.2, 0.25) is 0 Å². The Balaban J connectivity index is 0.000000222. The second kappa shape index (κ2) is 15.7. The van der Waals surface area contributed by atoms with Crippen LogP contribution in [0, 0.1) is 0 Å². The Morgan fingerprint density at radius 2 is 1.24 bits per heavy atom. The molecular formula is C32H33BrN6O6. The third-order valence-electron chi connectivity index (χ3n) is 6.85. The predicted molar refractivity (Wildman–Crippen MR) is 173 cm³/mol. The molecule has 0 saturated heterocycles. The monoisotopic (exact) mass is 676 g/mol. The molecule has 234 valence electrons. The Morgan fingerprint density at radius 1 is 0.733 bits per heavy atom. The molecule has 12 nitrogen and oxygen atoms in total. The van der Waals surface area contributed by atoms with Crippen molar-refractivity contribution in [3.05, 3.63) is 164 Å². The molecule has 0 aliphatic heterocycles. The van der Waals surface area contributed by atoms with Crippen molar-refractivity contribution in [3.8, 4) is 0 Å². The molecule has 2 unspecified atom stereocenters. The van der Waals surface area contributed by atoms with Gasteiger partial charge in [0.1, 0.15) is 6.73 Å². The van der Waals surface area contributed by atoms with Gasteiger partial charge in [-0.2, -0.15) is 5.10 Å². The van der Waals surface area contributed by atoms with E-state index in [0.717, 1.165) is 25.9 Å². The van der Waals surface area contributed by atoms with E-state index in [1.165, 1.54) is 4.68 Å². The molecule has 0 fully saturated rings. The largest absolute Gasteiger partial charge is 0.356 e. The van der Waals surface area contributed by atoms with Crippen molar-refractivity contribution in [3.63, 3.8) is 0 Å². The Hall–Kier alpha value is -4.88. The first-order chi connectivity index (χ1) is 21.6. The van der Waals surface area contributed by atoms with Gasteiger partial charge in [0.05, 0.1) is 18.7 Å². The van der Waals surface area contributed by atoms with E-state index in [1.807, 2.05) is 103 Å². The number of nitrogens with zero attached hydrogens (tertiary/aromatic N) is 4. The van der Waals surface area contributed by atoms with Gasteiger partial charge in [-0.15, -0.1) is 0 Å². The van der Waals surface area contributed by atoms with Gasteiger partial charge in [-0.05, 0) is 59.3 Å². The van der Waals surface area contributed by atoms with Crippen molar-refractivity contribution in [2.24, 2.45) is 0 Å². The van der Waals surface area contributed by atoms with Crippen LogP contribution in [0.3, 0.4) is 0 Å². The average molecular weight is 678 g/mol. The van der Waals surface area contributed by atoms with Crippen LogP contribution in [0.2, 0.25) is 0 Å². The van der Waals surface area contributed by atoms with Gasteiger partial charge >= 0.3 is 22.5 Å². The number of hydrogen-bond donors (Lipinski definition) is 2. The fourth-order valence-corrected chi connectivity index (χ4v) is 4.94. The quantitative estimate of drug-likeness (QED) is 0.215. The smallest absolute Gasteiger partial charge is 0.349 e. The van der Waals surface area contributed by atoms with Gasteiger partial charge in [0.15, 0.2) is 4.60 Å². The lowest BCUT2D eigenvalue weighted by Crippen LogP contribution is -2.44. The summed E-state index contributed by atoms with van der Waals surface area (Å²) >= 11 is 3.16. The van der Waals surface area contributed by atoms with Gasteiger partial charge in [0, 0.05) is 0 Å². The van der Waals surface area contributed by atoms with Crippen LogP contribution in [0.15, 0.2) is 120 Å². The molecule has 2 aromatic heterocycles. The molecule has 45 heavy (non-hydrogen) atoms. The van der Waals surface area contributed by atoms with E-state index in [4.69, 9.17) is 4.74 Å². The molecule has 2 atom stereocenters.